The van der Waals surface area contributed by atoms with Crippen molar-refractivity contribution in [3.05, 3.63) is 65.1 Å². The van der Waals surface area contributed by atoms with Crippen molar-refractivity contribution in [3.63, 3.8) is 0 Å². The molecule has 8 heteroatoms. The van der Waals surface area contributed by atoms with Crippen molar-refractivity contribution in [3.8, 4) is 0 Å². The third-order valence-corrected chi connectivity index (χ3v) is 9.26. The van der Waals surface area contributed by atoms with E-state index < -0.39 is 6.10 Å². The van der Waals surface area contributed by atoms with Gasteiger partial charge in [0.1, 0.15) is 5.82 Å². The van der Waals surface area contributed by atoms with Gasteiger partial charge in [0.15, 0.2) is 0 Å². The molecule has 1 amide bonds. The number of nitrogens with zero attached hydrogens (tertiary/aromatic N) is 3. The van der Waals surface area contributed by atoms with Gasteiger partial charge >= 0.3 is 0 Å². The van der Waals surface area contributed by atoms with Crippen LogP contribution in [0.1, 0.15) is 50.3 Å². The number of halogens is 1. The lowest BCUT2D eigenvalue weighted by molar-refractivity contribution is -0.117. The second-order valence-electron chi connectivity index (χ2n) is 11.3. The fourth-order valence-electron chi connectivity index (χ4n) is 6.17. The number of carbonyl (C=O) groups excluding carboxylic acids is 1. The number of aromatic nitrogens is 2. The SMILES string of the molecule is C[C@]1(c2ccccn2)C[C@@H]1C(=O)Nc1cc2cc(C3CCN([C@]4(C)COC[C@@H]4O)CC3)c(Cl)cc2cn1. The second-order valence-corrected chi connectivity index (χ2v) is 11.7. The first-order chi connectivity index (χ1) is 17.8. The molecule has 2 aromatic heterocycles. The number of amides is 1. The van der Waals surface area contributed by atoms with Crippen LogP contribution < -0.4 is 5.32 Å². The molecule has 2 saturated heterocycles. The van der Waals surface area contributed by atoms with Crippen LogP contribution in [0.5, 0.6) is 0 Å². The quantitative estimate of drug-likeness (QED) is 0.514. The molecule has 4 heterocycles. The molecule has 7 nitrogen and oxygen atoms in total. The molecule has 6 rings (SSSR count). The van der Waals surface area contributed by atoms with Gasteiger partial charge in [-0.2, -0.15) is 0 Å². The Kier molecular flexibility index (Phi) is 6.23. The van der Waals surface area contributed by atoms with Crippen molar-refractivity contribution in [1.29, 1.82) is 0 Å². The number of aliphatic hydroxyl groups excluding tert-OH is 1. The second kappa shape index (κ2) is 9.31. The molecule has 0 bridgehead atoms. The highest BCUT2D eigenvalue weighted by atomic mass is 35.5. The summed E-state index contributed by atoms with van der Waals surface area (Å²) in [4.78, 5) is 24.3. The first-order valence-electron chi connectivity index (χ1n) is 13.1. The average Bonchev–Trinajstić information content (AvgIpc) is 3.50. The summed E-state index contributed by atoms with van der Waals surface area (Å²) in [5.41, 5.74) is 1.55. The van der Waals surface area contributed by atoms with Crippen molar-refractivity contribution >= 4 is 34.1 Å². The average molecular weight is 521 g/mol. The van der Waals surface area contributed by atoms with Gasteiger partial charge in [-0.3, -0.25) is 14.7 Å². The minimum absolute atomic E-state index is 0.0202. The Morgan fingerprint density at radius 1 is 1.16 bits per heavy atom. The van der Waals surface area contributed by atoms with E-state index in [0.29, 0.717) is 24.9 Å². The summed E-state index contributed by atoms with van der Waals surface area (Å²) in [6.07, 6.45) is 5.82. The number of hydrogen-bond acceptors (Lipinski definition) is 6. The maximum absolute atomic E-state index is 13.0. The maximum atomic E-state index is 13.0. The first kappa shape index (κ1) is 24.7. The number of piperidine rings is 1. The van der Waals surface area contributed by atoms with Crippen LogP contribution >= 0.6 is 11.6 Å². The Hall–Kier alpha value is -2.58. The van der Waals surface area contributed by atoms with E-state index in [1.54, 1.807) is 12.4 Å². The number of carbonyl (C=O) groups is 1. The van der Waals surface area contributed by atoms with Gasteiger partial charge in [-0.05, 0) is 86.5 Å². The van der Waals surface area contributed by atoms with Gasteiger partial charge in [0.25, 0.3) is 0 Å². The van der Waals surface area contributed by atoms with Crippen LogP contribution in [0.4, 0.5) is 5.82 Å². The zero-order valence-corrected chi connectivity index (χ0v) is 22.0. The molecule has 3 fully saturated rings. The molecule has 3 aliphatic rings. The van der Waals surface area contributed by atoms with Gasteiger partial charge < -0.3 is 15.2 Å². The van der Waals surface area contributed by atoms with Crippen molar-refractivity contribution in [2.75, 3.05) is 31.6 Å². The van der Waals surface area contributed by atoms with E-state index in [4.69, 9.17) is 16.3 Å². The van der Waals surface area contributed by atoms with Gasteiger partial charge in [-0.1, -0.05) is 24.6 Å². The summed E-state index contributed by atoms with van der Waals surface area (Å²) in [6, 6.07) is 11.9. The van der Waals surface area contributed by atoms with E-state index in [9.17, 15) is 9.90 Å². The Labute approximate surface area is 222 Å². The summed E-state index contributed by atoms with van der Waals surface area (Å²) >= 11 is 6.74. The van der Waals surface area contributed by atoms with Gasteiger partial charge in [0, 0.05) is 33.9 Å². The monoisotopic (exact) mass is 520 g/mol. The van der Waals surface area contributed by atoms with Crippen LogP contribution in [-0.2, 0) is 14.9 Å². The number of ether oxygens (including phenoxy) is 1. The van der Waals surface area contributed by atoms with E-state index in [2.05, 4.69) is 40.1 Å². The molecule has 1 aliphatic carbocycles. The van der Waals surface area contributed by atoms with Crippen LogP contribution in [0.2, 0.25) is 5.02 Å². The number of nitrogens with one attached hydrogen (secondary N) is 1. The zero-order valence-electron chi connectivity index (χ0n) is 21.3. The fourth-order valence-corrected chi connectivity index (χ4v) is 6.49. The van der Waals surface area contributed by atoms with E-state index in [0.717, 1.165) is 59.4 Å². The summed E-state index contributed by atoms with van der Waals surface area (Å²) in [5, 5.41) is 16.2. The molecule has 37 heavy (non-hydrogen) atoms. The van der Waals surface area contributed by atoms with Gasteiger partial charge in [0.05, 0.1) is 30.8 Å². The molecule has 0 spiro atoms. The summed E-state index contributed by atoms with van der Waals surface area (Å²) in [7, 11) is 0. The van der Waals surface area contributed by atoms with E-state index in [1.165, 1.54) is 0 Å². The zero-order chi connectivity index (χ0) is 25.8. The topological polar surface area (TPSA) is 87.6 Å². The number of rotatable bonds is 5. The lowest BCUT2D eigenvalue weighted by atomic mass is 9.85. The van der Waals surface area contributed by atoms with Crippen LogP contribution in [0.3, 0.4) is 0 Å². The molecule has 1 saturated carbocycles. The lowest BCUT2D eigenvalue weighted by Crippen LogP contribution is -2.56. The van der Waals surface area contributed by atoms with Crippen molar-refractivity contribution in [2.45, 2.75) is 56.1 Å². The Bertz CT molecular complexity index is 1330. The minimum Gasteiger partial charge on any atom is -0.389 e. The molecule has 0 radical (unpaired) electrons. The molecular formula is C29H33ClN4O3. The molecular weight excluding hydrogens is 488 g/mol. The van der Waals surface area contributed by atoms with Gasteiger partial charge in [0.2, 0.25) is 5.91 Å². The van der Waals surface area contributed by atoms with E-state index in [1.807, 2.05) is 30.3 Å². The molecule has 2 N–H and O–H groups in total. The molecule has 194 valence electrons. The number of fused-ring (bicyclic) bond motifs is 1. The Morgan fingerprint density at radius 2 is 1.97 bits per heavy atom. The van der Waals surface area contributed by atoms with Crippen LogP contribution in [-0.4, -0.2) is 63.8 Å². The Balaban J connectivity index is 1.16. The number of hydrogen-bond donors (Lipinski definition) is 2. The van der Waals surface area contributed by atoms with Gasteiger partial charge in [-0.25, -0.2) is 4.98 Å². The first-order valence-corrected chi connectivity index (χ1v) is 13.5. The summed E-state index contributed by atoms with van der Waals surface area (Å²) in [5.74, 6) is 0.761. The van der Waals surface area contributed by atoms with Crippen LogP contribution in [0.25, 0.3) is 10.8 Å². The highest BCUT2D eigenvalue weighted by Crippen LogP contribution is 2.53. The number of benzene rings is 1. The van der Waals surface area contributed by atoms with Crippen molar-refractivity contribution in [2.24, 2.45) is 5.92 Å². The normalized spacial score (nSPS) is 30.5. The number of pyridine rings is 2. The molecule has 3 aromatic rings. The van der Waals surface area contributed by atoms with Gasteiger partial charge in [-0.15, -0.1) is 0 Å². The van der Waals surface area contributed by atoms with Crippen LogP contribution in [0, 0.1) is 5.92 Å². The smallest absolute Gasteiger partial charge is 0.229 e. The molecule has 0 unspecified atom stereocenters. The number of anilines is 1. The molecule has 2 aliphatic heterocycles. The predicted octanol–water partition coefficient (Wildman–Crippen LogP) is 4.53. The van der Waals surface area contributed by atoms with E-state index >= 15 is 0 Å². The Morgan fingerprint density at radius 3 is 2.68 bits per heavy atom. The fraction of sp³-hybridized carbons (Fsp3) is 0.483. The van der Waals surface area contributed by atoms with E-state index in [-0.39, 0.29) is 22.8 Å². The van der Waals surface area contributed by atoms with Crippen molar-refractivity contribution in [1.82, 2.24) is 14.9 Å². The number of likely N-dealkylation sites (tertiary alicyclic amines) is 1. The largest absolute Gasteiger partial charge is 0.389 e. The highest BCUT2D eigenvalue weighted by Gasteiger charge is 2.56. The highest BCUT2D eigenvalue weighted by molar-refractivity contribution is 6.32. The summed E-state index contributed by atoms with van der Waals surface area (Å²) in [6.45, 7) is 6.95. The summed E-state index contributed by atoms with van der Waals surface area (Å²) < 4.78 is 5.54. The predicted molar refractivity (Wildman–Crippen MR) is 144 cm³/mol. The maximum Gasteiger partial charge on any atom is 0.229 e. The lowest BCUT2D eigenvalue weighted by Gasteiger charge is -2.43. The number of aliphatic hydroxyl groups is 1. The third-order valence-electron chi connectivity index (χ3n) is 8.94. The standard InChI is InChI=1S/C29H33ClN4O3/c1-28(24-5-3-4-8-31-24)14-22(28)27(36)33-26-13-19-11-21(23(30)12-20(19)15-32-26)18-6-9-34(10-7-18)29(2)17-37-16-25(29)35/h3-5,8,11-13,15,18,22,25,35H,6-7,9-10,14,16-17H2,1-2H3,(H,32,33,36)/t22-,25+,28+,29-/m1/s1. The molecule has 4 atom stereocenters. The van der Waals surface area contributed by atoms with Crippen molar-refractivity contribution < 1.29 is 14.6 Å². The minimum atomic E-state index is -0.452. The third kappa shape index (κ3) is 4.42. The van der Waals surface area contributed by atoms with Crippen LogP contribution in [0.15, 0.2) is 48.8 Å². The molecule has 1 aromatic carbocycles.